The minimum absolute atomic E-state index is 0.719. The van der Waals surface area contributed by atoms with Crippen molar-refractivity contribution in [3.8, 4) is 44.5 Å². The van der Waals surface area contributed by atoms with Gasteiger partial charge >= 0.3 is 0 Å². The summed E-state index contributed by atoms with van der Waals surface area (Å²) in [5, 5.41) is 13.2. The molecule has 0 aliphatic heterocycles. The molecule has 0 atom stereocenters. The van der Waals surface area contributed by atoms with Crippen LogP contribution in [0, 0.1) is 0 Å². The number of rotatable bonds is 2. The van der Waals surface area contributed by atoms with Crippen molar-refractivity contribution in [3.63, 3.8) is 0 Å². The van der Waals surface area contributed by atoms with Gasteiger partial charge < -0.3 is 0 Å². The van der Waals surface area contributed by atoms with Gasteiger partial charge in [-0.2, -0.15) is 0 Å². The Morgan fingerprint density at radius 1 is 0.370 bits per heavy atom. The minimum atomic E-state index is 0.719. The van der Waals surface area contributed by atoms with Crippen molar-refractivity contribution in [1.82, 2.24) is 0 Å². The summed E-state index contributed by atoms with van der Waals surface area (Å²) in [5.74, 6) is 0. The zero-order chi connectivity index (χ0) is 30.5. The summed E-state index contributed by atoms with van der Waals surface area (Å²) in [7, 11) is 0. The van der Waals surface area contributed by atoms with Gasteiger partial charge in [0.25, 0.3) is 0 Å². The van der Waals surface area contributed by atoms with Crippen LogP contribution >= 0.6 is 27.5 Å². The molecule has 2 heteroatoms. The van der Waals surface area contributed by atoms with Crippen molar-refractivity contribution >= 4 is 81.4 Å². The van der Waals surface area contributed by atoms with E-state index in [2.05, 4.69) is 162 Å². The summed E-state index contributed by atoms with van der Waals surface area (Å²) in [5.41, 5.74) is 10.3. The third kappa shape index (κ3) is 3.56. The molecule has 0 N–H and O–H groups in total. The Morgan fingerprint density at radius 3 is 1.78 bits per heavy atom. The summed E-state index contributed by atoms with van der Waals surface area (Å²) in [6.45, 7) is 0. The van der Waals surface area contributed by atoms with Crippen molar-refractivity contribution in [2.24, 2.45) is 0 Å². The number of benzene rings is 9. The predicted molar refractivity (Wildman–Crippen MR) is 202 cm³/mol. The molecule has 1 aliphatic carbocycles. The first-order valence-electron chi connectivity index (χ1n) is 15.6. The fraction of sp³-hybridized carbons (Fsp3) is 0. The van der Waals surface area contributed by atoms with Crippen molar-refractivity contribution in [2.45, 2.75) is 0 Å². The van der Waals surface area contributed by atoms with Gasteiger partial charge in [0.15, 0.2) is 0 Å². The second-order valence-corrected chi connectivity index (χ2v) is 13.5. The molecule has 0 amide bonds. The van der Waals surface area contributed by atoms with Gasteiger partial charge in [0, 0.05) is 4.47 Å². The van der Waals surface area contributed by atoms with Gasteiger partial charge in [-0.3, -0.25) is 0 Å². The van der Waals surface area contributed by atoms with Gasteiger partial charge in [0.2, 0.25) is 0 Å². The Labute approximate surface area is 279 Å². The summed E-state index contributed by atoms with van der Waals surface area (Å²) in [4.78, 5) is 0. The molecule has 1 aliphatic rings. The van der Waals surface area contributed by atoms with Crippen LogP contribution in [0.2, 0.25) is 5.02 Å². The van der Waals surface area contributed by atoms with E-state index in [1.807, 2.05) is 0 Å². The topological polar surface area (TPSA) is 0 Å². The van der Waals surface area contributed by atoms with E-state index >= 15 is 0 Å². The van der Waals surface area contributed by atoms with Crippen LogP contribution in [0.3, 0.4) is 0 Å². The molecule has 0 aromatic heterocycles. The molecule has 0 heterocycles. The Bertz CT molecular complexity index is 2740. The lowest BCUT2D eigenvalue weighted by Crippen LogP contribution is -1.95. The van der Waals surface area contributed by atoms with Crippen LogP contribution in [0.5, 0.6) is 0 Å². The van der Waals surface area contributed by atoms with Crippen LogP contribution in [0.25, 0.3) is 98.4 Å². The number of halogens is 2. The van der Waals surface area contributed by atoms with E-state index in [4.69, 9.17) is 11.6 Å². The maximum Gasteiger partial charge on any atom is 0.0554 e. The quantitative estimate of drug-likeness (QED) is 0.161. The first-order valence-corrected chi connectivity index (χ1v) is 16.7. The lowest BCUT2D eigenvalue weighted by atomic mass is 9.80. The monoisotopic (exact) mass is 666 g/mol. The molecular formula is C44H24BrCl. The molecule has 0 saturated heterocycles. The fourth-order valence-corrected chi connectivity index (χ4v) is 8.55. The average molecular weight is 668 g/mol. The highest BCUT2D eigenvalue weighted by atomic mass is 79.9. The normalized spacial score (nSPS) is 12.1. The molecule has 0 unspecified atom stereocenters. The predicted octanol–water partition coefficient (Wildman–Crippen LogP) is 13.8. The van der Waals surface area contributed by atoms with E-state index in [9.17, 15) is 0 Å². The van der Waals surface area contributed by atoms with Gasteiger partial charge in [-0.05, 0) is 132 Å². The Hall–Kier alpha value is -4.95. The largest absolute Gasteiger partial charge is 0.0831 e. The van der Waals surface area contributed by atoms with Crippen LogP contribution in [0.15, 0.2) is 150 Å². The summed E-state index contributed by atoms with van der Waals surface area (Å²) in [6, 6.07) is 53.4. The van der Waals surface area contributed by atoms with E-state index < -0.39 is 0 Å². The summed E-state index contributed by atoms with van der Waals surface area (Å²) < 4.78 is 0.911. The highest BCUT2D eigenvalue weighted by Gasteiger charge is 2.31. The minimum Gasteiger partial charge on any atom is -0.0831 e. The molecule has 9 aromatic carbocycles. The van der Waals surface area contributed by atoms with Crippen molar-refractivity contribution < 1.29 is 0 Å². The molecule has 9 aromatic rings. The molecule has 0 fully saturated rings. The molecule has 0 nitrogen and oxygen atoms in total. The Morgan fingerprint density at radius 2 is 0.978 bits per heavy atom. The number of hydrogen-bond acceptors (Lipinski definition) is 0. The number of fused-ring (bicyclic) bond motifs is 10. The van der Waals surface area contributed by atoms with Gasteiger partial charge in [-0.1, -0.05) is 139 Å². The third-order valence-electron chi connectivity index (χ3n) is 9.88. The van der Waals surface area contributed by atoms with Crippen molar-refractivity contribution in [3.05, 3.63) is 155 Å². The molecule has 10 rings (SSSR count). The van der Waals surface area contributed by atoms with Crippen LogP contribution in [0.1, 0.15) is 0 Å². The van der Waals surface area contributed by atoms with Gasteiger partial charge in [-0.15, -0.1) is 0 Å². The van der Waals surface area contributed by atoms with Crippen LogP contribution in [-0.4, -0.2) is 0 Å². The lowest BCUT2D eigenvalue weighted by molar-refractivity contribution is 1.63. The molecular weight excluding hydrogens is 644 g/mol. The SMILES string of the molecule is Clc1cc2c(ccc3c2ccc2c(-c4ccccc4)c4c(c(-c5ccccc5)c23)-c2cccc3c2c-4cc2ccccc23)cc1Br. The Kier molecular flexibility index (Phi) is 5.58. The van der Waals surface area contributed by atoms with Crippen LogP contribution < -0.4 is 0 Å². The summed E-state index contributed by atoms with van der Waals surface area (Å²) >= 11 is 10.4. The van der Waals surface area contributed by atoms with E-state index in [1.165, 1.54) is 87.6 Å². The van der Waals surface area contributed by atoms with Crippen LogP contribution in [0.4, 0.5) is 0 Å². The summed E-state index contributed by atoms with van der Waals surface area (Å²) in [6.07, 6.45) is 0. The molecule has 214 valence electrons. The van der Waals surface area contributed by atoms with Crippen molar-refractivity contribution in [2.75, 3.05) is 0 Å². The van der Waals surface area contributed by atoms with Crippen molar-refractivity contribution in [1.29, 1.82) is 0 Å². The maximum atomic E-state index is 6.71. The van der Waals surface area contributed by atoms with Gasteiger partial charge in [0.1, 0.15) is 0 Å². The standard InChI is InChI=1S/C44H24BrCl/c45-37-23-28-18-19-32-30(35(28)24-38(37)46)20-21-34-39(25-10-3-1-4-11-25)44-36-22-27-14-7-8-15-29(27)31-16-9-17-33(41(31)36)43(44)40(42(32)34)26-12-5-2-6-13-26/h1-24H. The van der Waals surface area contributed by atoms with Gasteiger partial charge in [-0.25, -0.2) is 0 Å². The molecule has 46 heavy (non-hydrogen) atoms. The zero-order valence-corrected chi connectivity index (χ0v) is 27.0. The molecule has 0 spiro atoms. The molecule has 0 radical (unpaired) electrons. The Balaban J connectivity index is 1.50. The number of hydrogen-bond donors (Lipinski definition) is 0. The first-order chi connectivity index (χ1) is 22.7. The smallest absolute Gasteiger partial charge is 0.0554 e. The fourth-order valence-electron chi connectivity index (χ4n) is 8.03. The van der Waals surface area contributed by atoms with E-state index in [1.54, 1.807) is 0 Å². The average Bonchev–Trinajstić information content (AvgIpc) is 3.42. The first kappa shape index (κ1) is 26.3. The zero-order valence-electron chi connectivity index (χ0n) is 24.6. The molecule has 0 saturated carbocycles. The van der Waals surface area contributed by atoms with E-state index in [-0.39, 0.29) is 0 Å². The second-order valence-electron chi connectivity index (χ2n) is 12.2. The van der Waals surface area contributed by atoms with Gasteiger partial charge in [0.05, 0.1) is 5.02 Å². The second kappa shape index (κ2) is 9.77. The lowest BCUT2D eigenvalue weighted by Gasteiger charge is -2.22. The maximum absolute atomic E-state index is 6.71. The van der Waals surface area contributed by atoms with E-state index in [0.717, 1.165) is 20.3 Å². The van der Waals surface area contributed by atoms with Crippen LogP contribution in [-0.2, 0) is 0 Å². The highest BCUT2D eigenvalue weighted by molar-refractivity contribution is 9.10. The highest BCUT2D eigenvalue weighted by Crippen LogP contribution is 2.59. The molecule has 0 bridgehead atoms. The van der Waals surface area contributed by atoms with E-state index in [0.29, 0.717) is 0 Å². The third-order valence-corrected chi connectivity index (χ3v) is 11.1.